The zero-order chi connectivity index (χ0) is 23.3. The standard InChI is InChI=1S/C27H17BrN2O4/c28-21-14-19(10-11-22(21)33-17-18-6-2-1-3-7-18)16-30-27-20(15-29)25(23-8-4-12-31-23)26(34-27)24-9-5-13-32-24/h1-14,16H,17H2. The van der Waals surface area contributed by atoms with Gasteiger partial charge in [-0.2, -0.15) is 5.26 Å². The average molecular weight is 513 g/mol. The molecule has 0 unspecified atom stereocenters. The molecule has 0 aliphatic rings. The molecule has 0 fully saturated rings. The Balaban J connectivity index is 1.43. The molecule has 166 valence electrons. The van der Waals surface area contributed by atoms with E-state index in [1.807, 2.05) is 48.5 Å². The molecule has 6 nitrogen and oxygen atoms in total. The van der Waals surface area contributed by atoms with E-state index in [0.717, 1.165) is 21.3 Å². The summed E-state index contributed by atoms with van der Waals surface area (Å²) in [6.45, 7) is 0.468. The quantitative estimate of drug-likeness (QED) is 0.208. The van der Waals surface area contributed by atoms with Gasteiger partial charge < -0.3 is 18.0 Å². The van der Waals surface area contributed by atoms with Crippen LogP contribution in [0.4, 0.5) is 5.88 Å². The molecule has 5 rings (SSSR count). The number of hydrogen-bond acceptors (Lipinski definition) is 6. The Morgan fingerprint density at radius 1 is 0.941 bits per heavy atom. The summed E-state index contributed by atoms with van der Waals surface area (Å²) in [6.07, 6.45) is 4.71. The van der Waals surface area contributed by atoms with Gasteiger partial charge in [0.2, 0.25) is 5.88 Å². The van der Waals surface area contributed by atoms with E-state index in [0.29, 0.717) is 29.5 Å². The van der Waals surface area contributed by atoms with Crippen LogP contribution < -0.4 is 4.74 Å². The number of furan rings is 3. The number of benzene rings is 2. The van der Waals surface area contributed by atoms with Crippen LogP contribution in [0.25, 0.3) is 22.8 Å². The van der Waals surface area contributed by atoms with Crippen molar-refractivity contribution in [1.29, 1.82) is 5.26 Å². The average Bonchev–Trinajstić information content (AvgIpc) is 3.63. The minimum absolute atomic E-state index is 0.167. The highest BCUT2D eigenvalue weighted by Crippen LogP contribution is 2.42. The molecule has 5 aromatic rings. The number of halogens is 1. The normalized spacial score (nSPS) is 11.1. The van der Waals surface area contributed by atoms with Crippen LogP contribution in [0.1, 0.15) is 16.7 Å². The largest absolute Gasteiger partial charge is 0.488 e. The van der Waals surface area contributed by atoms with Crippen LogP contribution in [0, 0.1) is 11.3 Å². The lowest BCUT2D eigenvalue weighted by atomic mass is 10.1. The lowest BCUT2D eigenvalue weighted by Crippen LogP contribution is -1.96. The summed E-state index contributed by atoms with van der Waals surface area (Å²) in [7, 11) is 0. The second-order valence-electron chi connectivity index (χ2n) is 7.28. The smallest absolute Gasteiger partial charge is 0.238 e. The minimum atomic E-state index is 0.167. The van der Waals surface area contributed by atoms with Crippen LogP contribution in [0.5, 0.6) is 5.75 Å². The molecule has 0 spiro atoms. The number of ether oxygens (including phenoxy) is 1. The maximum atomic E-state index is 9.86. The zero-order valence-corrected chi connectivity index (χ0v) is 19.4. The second-order valence-corrected chi connectivity index (χ2v) is 8.13. The molecule has 0 saturated carbocycles. The molecule has 0 aliphatic carbocycles. The van der Waals surface area contributed by atoms with Crippen molar-refractivity contribution in [2.45, 2.75) is 6.61 Å². The number of rotatable bonds is 7. The molecule has 0 radical (unpaired) electrons. The molecule has 0 saturated heterocycles. The SMILES string of the molecule is N#Cc1c(N=Cc2ccc(OCc3ccccc3)c(Br)c2)oc(-c2ccco2)c1-c1ccco1. The first-order chi connectivity index (χ1) is 16.7. The van der Waals surface area contributed by atoms with Gasteiger partial charge in [0.15, 0.2) is 11.5 Å². The van der Waals surface area contributed by atoms with Gasteiger partial charge in [-0.15, -0.1) is 0 Å². The zero-order valence-electron chi connectivity index (χ0n) is 17.8. The fourth-order valence-corrected chi connectivity index (χ4v) is 3.94. The second kappa shape index (κ2) is 9.69. The lowest BCUT2D eigenvalue weighted by molar-refractivity contribution is 0.304. The van der Waals surface area contributed by atoms with Gasteiger partial charge in [0.1, 0.15) is 29.7 Å². The first-order valence-electron chi connectivity index (χ1n) is 10.4. The highest BCUT2D eigenvalue weighted by molar-refractivity contribution is 9.10. The van der Waals surface area contributed by atoms with Gasteiger partial charge in [-0.3, -0.25) is 0 Å². The van der Waals surface area contributed by atoms with Gasteiger partial charge >= 0.3 is 0 Å². The van der Waals surface area contributed by atoms with Gasteiger partial charge in [0.25, 0.3) is 0 Å². The van der Waals surface area contributed by atoms with E-state index in [2.05, 4.69) is 27.0 Å². The molecule has 7 heteroatoms. The van der Waals surface area contributed by atoms with Crippen molar-refractivity contribution in [3.05, 3.63) is 106 Å². The molecule has 3 heterocycles. The van der Waals surface area contributed by atoms with E-state index in [1.165, 1.54) is 12.5 Å². The van der Waals surface area contributed by atoms with Crippen LogP contribution in [0.2, 0.25) is 0 Å². The molecule has 0 bridgehead atoms. The fourth-order valence-electron chi connectivity index (χ4n) is 3.43. The maximum Gasteiger partial charge on any atom is 0.238 e. The maximum absolute atomic E-state index is 9.86. The third kappa shape index (κ3) is 4.45. The summed E-state index contributed by atoms with van der Waals surface area (Å²) < 4.78 is 23.7. The number of hydrogen-bond donors (Lipinski definition) is 0. The van der Waals surface area contributed by atoms with E-state index < -0.39 is 0 Å². The molecule has 34 heavy (non-hydrogen) atoms. The molecule has 0 N–H and O–H groups in total. The Kier molecular flexibility index (Phi) is 6.15. The van der Waals surface area contributed by atoms with Crippen molar-refractivity contribution < 1.29 is 18.0 Å². The van der Waals surface area contributed by atoms with Crippen molar-refractivity contribution >= 4 is 28.0 Å². The number of nitriles is 1. The van der Waals surface area contributed by atoms with Crippen molar-refractivity contribution in [2.75, 3.05) is 0 Å². The molecular weight excluding hydrogens is 496 g/mol. The van der Waals surface area contributed by atoms with Gasteiger partial charge in [-0.05, 0) is 69.5 Å². The van der Waals surface area contributed by atoms with Crippen molar-refractivity contribution in [3.8, 4) is 34.7 Å². The highest BCUT2D eigenvalue weighted by atomic mass is 79.9. The fraction of sp³-hybridized carbons (Fsp3) is 0.0370. The van der Waals surface area contributed by atoms with Gasteiger partial charge in [-0.25, -0.2) is 4.99 Å². The summed E-state index contributed by atoms with van der Waals surface area (Å²) >= 11 is 3.56. The molecular formula is C27H17BrN2O4. The van der Waals surface area contributed by atoms with E-state index in [9.17, 15) is 5.26 Å². The van der Waals surface area contributed by atoms with Gasteiger partial charge in [-0.1, -0.05) is 30.3 Å². The van der Waals surface area contributed by atoms with Crippen LogP contribution in [0.3, 0.4) is 0 Å². The Morgan fingerprint density at radius 3 is 2.38 bits per heavy atom. The van der Waals surface area contributed by atoms with Crippen LogP contribution >= 0.6 is 15.9 Å². The Hall–Kier alpha value is -4.28. The monoisotopic (exact) mass is 512 g/mol. The van der Waals surface area contributed by atoms with E-state index in [4.69, 9.17) is 18.0 Å². The van der Waals surface area contributed by atoms with Crippen molar-refractivity contribution in [1.82, 2.24) is 0 Å². The molecule has 0 atom stereocenters. The van der Waals surface area contributed by atoms with E-state index >= 15 is 0 Å². The summed E-state index contributed by atoms with van der Waals surface area (Å²) in [5, 5.41) is 9.86. The summed E-state index contributed by atoms with van der Waals surface area (Å²) in [5.74, 6) is 2.25. The summed E-state index contributed by atoms with van der Waals surface area (Å²) in [5.41, 5.74) is 2.65. The molecule has 2 aromatic carbocycles. The molecule has 0 amide bonds. The summed E-state index contributed by atoms with van der Waals surface area (Å²) in [6, 6.07) is 24.8. The predicted octanol–water partition coefficient (Wildman–Crippen LogP) is 7.76. The predicted molar refractivity (Wildman–Crippen MR) is 131 cm³/mol. The van der Waals surface area contributed by atoms with Gasteiger partial charge in [0.05, 0.1) is 22.6 Å². The Morgan fingerprint density at radius 2 is 1.71 bits per heavy atom. The minimum Gasteiger partial charge on any atom is -0.488 e. The topological polar surface area (TPSA) is 84.8 Å². The van der Waals surface area contributed by atoms with E-state index in [1.54, 1.807) is 30.5 Å². The van der Waals surface area contributed by atoms with Gasteiger partial charge in [0, 0.05) is 6.21 Å². The number of aliphatic imine (C=N–C) groups is 1. The molecule has 3 aromatic heterocycles. The van der Waals surface area contributed by atoms with Crippen LogP contribution in [-0.2, 0) is 6.61 Å². The van der Waals surface area contributed by atoms with Crippen LogP contribution in [0.15, 0.2) is 108 Å². The lowest BCUT2D eigenvalue weighted by Gasteiger charge is -2.08. The first-order valence-corrected chi connectivity index (χ1v) is 11.2. The summed E-state index contributed by atoms with van der Waals surface area (Å²) in [4.78, 5) is 4.45. The number of nitrogens with zero attached hydrogens (tertiary/aromatic N) is 2. The van der Waals surface area contributed by atoms with Crippen molar-refractivity contribution in [3.63, 3.8) is 0 Å². The van der Waals surface area contributed by atoms with Crippen molar-refractivity contribution in [2.24, 2.45) is 4.99 Å². The third-order valence-corrected chi connectivity index (χ3v) is 5.66. The van der Waals surface area contributed by atoms with E-state index in [-0.39, 0.29) is 11.4 Å². The van der Waals surface area contributed by atoms with Crippen LogP contribution in [-0.4, -0.2) is 6.21 Å². The third-order valence-electron chi connectivity index (χ3n) is 5.04. The Labute approximate surface area is 203 Å². The highest BCUT2D eigenvalue weighted by Gasteiger charge is 2.26. The molecule has 0 aliphatic heterocycles. The Bertz CT molecular complexity index is 1460. The first kappa shape index (κ1) is 21.6.